The number of amides is 1. The highest BCUT2D eigenvalue weighted by atomic mass is 16.3. The normalized spacial score (nSPS) is 27.8. The van der Waals surface area contributed by atoms with E-state index in [0.29, 0.717) is 37.9 Å². The number of carbonyl (C=O) groups excluding carboxylic acids is 1. The number of aliphatic hydroxyl groups is 2. The van der Waals surface area contributed by atoms with Crippen molar-refractivity contribution in [2.45, 2.75) is 57.8 Å². The van der Waals surface area contributed by atoms with E-state index in [2.05, 4.69) is 20.8 Å². The lowest BCUT2D eigenvalue weighted by Gasteiger charge is -2.54. The summed E-state index contributed by atoms with van der Waals surface area (Å²) >= 11 is 0. The second-order valence-electron chi connectivity index (χ2n) is 7.77. The third-order valence-electron chi connectivity index (χ3n) is 5.47. The van der Waals surface area contributed by atoms with Crippen LogP contribution in [0.25, 0.3) is 0 Å². The summed E-state index contributed by atoms with van der Waals surface area (Å²) in [5.41, 5.74) is 0.305. The summed E-state index contributed by atoms with van der Waals surface area (Å²) < 4.78 is 2.05. The van der Waals surface area contributed by atoms with Gasteiger partial charge < -0.3 is 19.7 Å². The minimum Gasteiger partial charge on any atom is -0.392 e. The Morgan fingerprint density at radius 2 is 1.82 bits per heavy atom. The summed E-state index contributed by atoms with van der Waals surface area (Å²) in [6.07, 6.45) is 4.85. The van der Waals surface area contributed by atoms with Crippen LogP contribution in [0.2, 0.25) is 0 Å². The van der Waals surface area contributed by atoms with Crippen molar-refractivity contribution in [2.75, 3.05) is 13.1 Å². The summed E-state index contributed by atoms with van der Waals surface area (Å²) in [6, 6.07) is 1.87. The predicted molar refractivity (Wildman–Crippen MR) is 83.6 cm³/mol. The fourth-order valence-corrected chi connectivity index (χ4v) is 3.66. The van der Waals surface area contributed by atoms with Crippen LogP contribution in [0.3, 0.4) is 0 Å². The Labute approximate surface area is 131 Å². The fraction of sp³-hybridized carbons (Fsp3) is 0.706. The third-order valence-corrected chi connectivity index (χ3v) is 5.47. The monoisotopic (exact) mass is 306 g/mol. The predicted octanol–water partition coefficient (Wildman–Crippen LogP) is 1.59. The lowest BCUT2D eigenvalue weighted by atomic mass is 9.58. The van der Waals surface area contributed by atoms with Crippen LogP contribution in [0.4, 0.5) is 0 Å². The summed E-state index contributed by atoms with van der Waals surface area (Å²) in [7, 11) is 0. The van der Waals surface area contributed by atoms with Gasteiger partial charge >= 0.3 is 0 Å². The maximum Gasteiger partial charge on any atom is 0.255 e. The quantitative estimate of drug-likeness (QED) is 0.828. The van der Waals surface area contributed by atoms with Crippen molar-refractivity contribution in [3.05, 3.63) is 24.0 Å². The number of hydrogen-bond donors (Lipinski definition) is 2. The first-order valence-electron chi connectivity index (χ1n) is 8.08. The van der Waals surface area contributed by atoms with Crippen LogP contribution in [0.1, 0.15) is 50.4 Å². The van der Waals surface area contributed by atoms with Crippen LogP contribution in [-0.2, 0) is 5.54 Å². The van der Waals surface area contributed by atoms with E-state index in [1.807, 2.05) is 27.9 Å². The lowest BCUT2D eigenvalue weighted by Crippen LogP contribution is -2.61. The summed E-state index contributed by atoms with van der Waals surface area (Å²) in [6.45, 7) is 7.52. The van der Waals surface area contributed by atoms with E-state index in [-0.39, 0.29) is 16.9 Å². The molecule has 122 valence electrons. The molecule has 22 heavy (non-hydrogen) atoms. The number of rotatable bonds is 1. The van der Waals surface area contributed by atoms with Crippen LogP contribution < -0.4 is 0 Å². The summed E-state index contributed by atoms with van der Waals surface area (Å²) in [4.78, 5) is 14.4. The molecule has 1 aromatic rings. The second-order valence-corrected chi connectivity index (χ2v) is 7.77. The van der Waals surface area contributed by atoms with E-state index in [4.69, 9.17) is 0 Å². The smallest absolute Gasteiger partial charge is 0.255 e. The molecule has 5 nitrogen and oxygen atoms in total. The molecule has 2 N–H and O–H groups in total. The van der Waals surface area contributed by atoms with Crippen molar-refractivity contribution >= 4 is 5.91 Å². The van der Waals surface area contributed by atoms with Gasteiger partial charge in [-0.1, -0.05) is 0 Å². The van der Waals surface area contributed by atoms with Crippen LogP contribution >= 0.6 is 0 Å². The molecule has 3 rings (SSSR count). The van der Waals surface area contributed by atoms with Gasteiger partial charge in [-0.25, -0.2) is 0 Å². The number of aliphatic hydroxyl groups excluding tert-OH is 2. The minimum absolute atomic E-state index is 0.0371. The van der Waals surface area contributed by atoms with Crippen LogP contribution in [0.5, 0.6) is 0 Å². The largest absolute Gasteiger partial charge is 0.392 e. The van der Waals surface area contributed by atoms with E-state index in [1.54, 1.807) is 0 Å². The van der Waals surface area contributed by atoms with Crippen molar-refractivity contribution in [3.8, 4) is 0 Å². The highest BCUT2D eigenvalue weighted by molar-refractivity contribution is 5.94. The lowest BCUT2D eigenvalue weighted by molar-refractivity contribution is -0.187. The molecular formula is C17H26N2O3. The Morgan fingerprint density at radius 1 is 1.23 bits per heavy atom. The van der Waals surface area contributed by atoms with Gasteiger partial charge in [-0.15, -0.1) is 0 Å². The van der Waals surface area contributed by atoms with Gasteiger partial charge in [0.05, 0.1) is 17.8 Å². The van der Waals surface area contributed by atoms with E-state index >= 15 is 0 Å². The number of hydrogen-bond acceptors (Lipinski definition) is 3. The Balaban J connectivity index is 1.66. The Bertz CT molecular complexity index is 555. The number of piperidine rings is 1. The summed E-state index contributed by atoms with van der Waals surface area (Å²) in [5.74, 6) is 0.0427. The molecule has 0 radical (unpaired) electrons. The van der Waals surface area contributed by atoms with Gasteiger partial charge in [0.15, 0.2) is 0 Å². The zero-order valence-corrected chi connectivity index (χ0v) is 13.6. The van der Waals surface area contributed by atoms with Gasteiger partial charge in [0.2, 0.25) is 0 Å². The Kier molecular flexibility index (Phi) is 3.61. The third kappa shape index (κ3) is 2.36. The number of likely N-dealkylation sites (tertiary alicyclic amines) is 1. The topological polar surface area (TPSA) is 65.7 Å². The molecular weight excluding hydrogens is 280 g/mol. The highest BCUT2D eigenvalue weighted by Gasteiger charge is 2.55. The SMILES string of the molecule is CC(C)(C)n1ccc(C(=O)N2CCC3(CC2)[C@H](O)C[C@@H]3O)c1. The Morgan fingerprint density at radius 3 is 2.27 bits per heavy atom. The van der Waals surface area contributed by atoms with Gasteiger partial charge in [-0.2, -0.15) is 0 Å². The first kappa shape index (κ1) is 15.6. The van der Waals surface area contributed by atoms with E-state index < -0.39 is 12.2 Å². The van der Waals surface area contributed by atoms with Crippen molar-refractivity contribution in [1.29, 1.82) is 0 Å². The first-order valence-corrected chi connectivity index (χ1v) is 8.08. The molecule has 1 amide bonds. The minimum atomic E-state index is -0.415. The molecule has 0 aromatic carbocycles. The highest BCUT2D eigenvalue weighted by Crippen LogP contribution is 2.49. The van der Waals surface area contributed by atoms with Gasteiger partial charge in [-0.3, -0.25) is 4.79 Å². The standard InChI is InChI=1S/C17H26N2O3/c1-16(2,3)19-7-4-12(11-19)15(22)18-8-5-17(6-9-18)13(20)10-14(17)21/h4,7,11,13-14,20-21H,5-6,8-10H2,1-3H3/t13-,14+. The van der Waals surface area contributed by atoms with Gasteiger partial charge in [-0.05, 0) is 39.7 Å². The van der Waals surface area contributed by atoms with Crippen LogP contribution in [0.15, 0.2) is 18.5 Å². The van der Waals surface area contributed by atoms with Crippen molar-refractivity contribution < 1.29 is 15.0 Å². The summed E-state index contributed by atoms with van der Waals surface area (Å²) in [5, 5.41) is 19.9. The molecule has 2 atom stereocenters. The van der Waals surface area contributed by atoms with E-state index in [9.17, 15) is 15.0 Å². The molecule has 5 heteroatoms. The molecule has 2 aliphatic rings. The molecule has 1 saturated carbocycles. The van der Waals surface area contributed by atoms with Gasteiger partial charge in [0, 0.05) is 42.9 Å². The second kappa shape index (κ2) is 5.10. The molecule has 0 bridgehead atoms. The number of nitrogens with zero attached hydrogens (tertiary/aromatic N) is 2. The molecule has 1 aliphatic carbocycles. The van der Waals surface area contributed by atoms with Crippen LogP contribution in [0, 0.1) is 5.41 Å². The van der Waals surface area contributed by atoms with Gasteiger partial charge in [0.1, 0.15) is 0 Å². The van der Waals surface area contributed by atoms with Crippen LogP contribution in [-0.4, -0.2) is 50.9 Å². The maximum absolute atomic E-state index is 12.6. The van der Waals surface area contributed by atoms with Crippen molar-refractivity contribution in [1.82, 2.24) is 9.47 Å². The number of carbonyl (C=O) groups is 1. The van der Waals surface area contributed by atoms with E-state index in [1.165, 1.54) is 0 Å². The van der Waals surface area contributed by atoms with Crippen molar-refractivity contribution in [3.63, 3.8) is 0 Å². The van der Waals surface area contributed by atoms with Gasteiger partial charge in [0.25, 0.3) is 5.91 Å². The maximum atomic E-state index is 12.6. The van der Waals surface area contributed by atoms with E-state index in [0.717, 1.165) is 0 Å². The van der Waals surface area contributed by atoms with Crippen molar-refractivity contribution in [2.24, 2.45) is 5.41 Å². The average Bonchev–Trinajstić information content (AvgIpc) is 2.97. The molecule has 1 saturated heterocycles. The fourth-order valence-electron chi connectivity index (χ4n) is 3.66. The molecule has 1 aliphatic heterocycles. The molecule has 1 aromatic heterocycles. The first-order chi connectivity index (χ1) is 10.2. The molecule has 2 heterocycles. The molecule has 1 spiro atoms. The molecule has 2 fully saturated rings. The number of aromatic nitrogens is 1. The zero-order chi connectivity index (χ0) is 16.1. The average molecular weight is 306 g/mol. The molecule has 0 unspecified atom stereocenters. The zero-order valence-electron chi connectivity index (χ0n) is 13.6. The Hall–Kier alpha value is -1.33.